The Morgan fingerprint density at radius 3 is 2.86 bits per heavy atom. The molecule has 0 radical (unpaired) electrons. The second kappa shape index (κ2) is 4.60. The lowest BCUT2D eigenvalue weighted by Gasteiger charge is -2.05. The fourth-order valence-corrected chi connectivity index (χ4v) is 1.12. The van der Waals surface area contributed by atoms with E-state index in [1.165, 1.54) is 0 Å². The van der Waals surface area contributed by atoms with Gasteiger partial charge in [-0.1, -0.05) is 0 Å². The van der Waals surface area contributed by atoms with Gasteiger partial charge in [-0.15, -0.1) is 0 Å². The molecule has 0 saturated carbocycles. The number of carbonyl (C=O) groups excluding carboxylic acids is 1. The van der Waals surface area contributed by atoms with Crippen molar-refractivity contribution in [3.05, 3.63) is 23.5 Å². The minimum Gasteiger partial charge on any atom is -0.461 e. The largest absolute Gasteiger partial charge is 0.461 e. The van der Waals surface area contributed by atoms with Gasteiger partial charge in [-0.2, -0.15) is 0 Å². The van der Waals surface area contributed by atoms with Crippen molar-refractivity contribution < 1.29 is 9.53 Å². The Bertz CT molecular complexity index is 337. The zero-order valence-electron chi connectivity index (χ0n) is 8.63. The van der Waals surface area contributed by atoms with Crippen molar-refractivity contribution in [3.63, 3.8) is 0 Å². The van der Waals surface area contributed by atoms with E-state index in [-0.39, 0.29) is 5.97 Å². The van der Waals surface area contributed by atoms with Gasteiger partial charge in [-0.3, -0.25) is 0 Å². The van der Waals surface area contributed by atoms with Gasteiger partial charge in [0.05, 0.1) is 6.61 Å². The highest BCUT2D eigenvalue weighted by Gasteiger charge is 2.09. The Morgan fingerprint density at radius 2 is 2.29 bits per heavy atom. The van der Waals surface area contributed by atoms with Crippen molar-refractivity contribution >= 4 is 11.7 Å². The monoisotopic (exact) mass is 194 g/mol. The van der Waals surface area contributed by atoms with Gasteiger partial charge in [-0.25, -0.2) is 9.78 Å². The third-order valence-electron chi connectivity index (χ3n) is 1.73. The summed E-state index contributed by atoms with van der Waals surface area (Å²) in [5.41, 5.74) is 2.00. The molecule has 0 spiro atoms. The lowest BCUT2D eigenvalue weighted by molar-refractivity contribution is 0.0519. The fourth-order valence-electron chi connectivity index (χ4n) is 1.12. The average molecular weight is 194 g/mol. The minimum absolute atomic E-state index is 0.344. The first-order valence-electron chi connectivity index (χ1n) is 4.51. The molecule has 1 aromatic rings. The van der Waals surface area contributed by atoms with Gasteiger partial charge in [0.1, 0.15) is 0 Å². The number of nitrogens with one attached hydrogen (secondary N) is 1. The molecule has 14 heavy (non-hydrogen) atoms. The second-order valence-electron chi connectivity index (χ2n) is 2.85. The molecule has 0 atom stereocenters. The maximum absolute atomic E-state index is 11.4. The molecule has 0 aliphatic carbocycles. The van der Waals surface area contributed by atoms with Crippen LogP contribution in [-0.2, 0) is 4.74 Å². The Labute approximate surface area is 83.3 Å². The predicted molar refractivity (Wildman–Crippen MR) is 54.5 cm³/mol. The topological polar surface area (TPSA) is 51.2 Å². The number of aryl methyl sites for hydroxylation is 1. The molecule has 0 amide bonds. The standard InChI is InChI=1S/C10H14N2O2/c1-4-14-10(13)9-6-8(11-3)5-7(2)12-9/h5-6H,4H2,1-3H3,(H,11,12). The number of esters is 1. The average Bonchev–Trinajstić information content (AvgIpc) is 2.17. The van der Waals surface area contributed by atoms with Crippen molar-refractivity contribution in [3.8, 4) is 0 Å². The van der Waals surface area contributed by atoms with E-state index < -0.39 is 0 Å². The Morgan fingerprint density at radius 1 is 1.57 bits per heavy atom. The van der Waals surface area contributed by atoms with Crippen molar-refractivity contribution in [1.82, 2.24) is 4.98 Å². The van der Waals surface area contributed by atoms with Crippen LogP contribution in [0.2, 0.25) is 0 Å². The zero-order valence-corrected chi connectivity index (χ0v) is 8.63. The van der Waals surface area contributed by atoms with Crippen LogP contribution in [0.3, 0.4) is 0 Å². The molecule has 76 valence electrons. The lowest BCUT2D eigenvalue weighted by atomic mass is 10.2. The highest BCUT2D eigenvalue weighted by Crippen LogP contribution is 2.11. The maximum atomic E-state index is 11.4. The van der Waals surface area contributed by atoms with E-state index >= 15 is 0 Å². The molecule has 4 heteroatoms. The molecule has 0 aliphatic heterocycles. The molecule has 0 saturated heterocycles. The number of pyridine rings is 1. The van der Waals surface area contributed by atoms with Gasteiger partial charge in [0.2, 0.25) is 0 Å². The Kier molecular flexibility index (Phi) is 3.45. The van der Waals surface area contributed by atoms with Crippen LogP contribution in [0.1, 0.15) is 23.1 Å². The maximum Gasteiger partial charge on any atom is 0.356 e. The van der Waals surface area contributed by atoms with E-state index in [1.807, 2.05) is 13.0 Å². The summed E-state index contributed by atoms with van der Waals surface area (Å²) in [7, 11) is 1.80. The third kappa shape index (κ3) is 2.45. The summed E-state index contributed by atoms with van der Waals surface area (Å²) in [6.07, 6.45) is 0. The van der Waals surface area contributed by atoms with Crippen molar-refractivity contribution in [1.29, 1.82) is 0 Å². The highest BCUT2D eigenvalue weighted by atomic mass is 16.5. The number of anilines is 1. The number of hydrogen-bond donors (Lipinski definition) is 1. The molecule has 4 nitrogen and oxygen atoms in total. The Hall–Kier alpha value is -1.58. The summed E-state index contributed by atoms with van der Waals surface area (Å²) in [6, 6.07) is 3.54. The van der Waals surface area contributed by atoms with Crippen molar-refractivity contribution in [2.45, 2.75) is 13.8 Å². The quantitative estimate of drug-likeness (QED) is 0.743. The molecule has 0 bridgehead atoms. The van der Waals surface area contributed by atoms with Crippen molar-refractivity contribution in [2.24, 2.45) is 0 Å². The highest BCUT2D eigenvalue weighted by molar-refractivity contribution is 5.88. The van der Waals surface area contributed by atoms with E-state index in [0.29, 0.717) is 12.3 Å². The van der Waals surface area contributed by atoms with Gasteiger partial charge in [-0.05, 0) is 26.0 Å². The summed E-state index contributed by atoms with van der Waals surface area (Å²) in [5.74, 6) is -0.382. The molecular weight excluding hydrogens is 180 g/mol. The molecule has 0 unspecified atom stereocenters. The summed E-state index contributed by atoms with van der Waals surface area (Å²) in [5, 5.41) is 2.96. The van der Waals surface area contributed by atoms with Gasteiger partial charge in [0.15, 0.2) is 5.69 Å². The molecule has 1 aromatic heterocycles. The van der Waals surface area contributed by atoms with Crippen molar-refractivity contribution in [2.75, 3.05) is 19.0 Å². The van der Waals surface area contributed by atoms with E-state index in [2.05, 4.69) is 10.3 Å². The number of hydrogen-bond acceptors (Lipinski definition) is 4. The SMILES string of the molecule is CCOC(=O)c1cc(NC)cc(C)n1. The Balaban J connectivity index is 2.96. The normalized spacial score (nSPS) is 9.64. The number of ether oxygens (including phenoxy) is 1. The van der Waals surface area contributed by atoms with Crippen LogP contribution >= 0.6 is 0 Å². The van der Waals surface area contributed by atoms with Crippen LogP contribution in [0.5, 0.6) is 0 Å². The fraction of sp³-hybridized carbons (Fsp3) is 0.400. The second-order valence-corrected chi connectivity index (χ2v) is 2.85. The zero-order chi connectivity index (χ0) is 10.6. The van der Waals surface area contributed by atoms with Crippen LogP contribution in [0, 0.1) is 6.92 Å². The molecule has 1 heterocycles. The van der Waals surface area contributed by atoms with Crippen LogP contribution in [0.25, 0.3) is 0 Å². The van der Waals surface area contributed by atoms with Crippen LogP contribution < -0.4 is 5.32 Å². The number of nitrogens with zero attached hydrogens (tertiary/aromatic N) is 1. The predicted octanol–water partition coefficient (Wildman–Crippen LogP) is 1.61. The van der Waals surface area contributed by atoms with Crippen LogP contribution in [0.4, 0.5) is 5.69 Å². The molecule has 0 aliphatic rings. The van der Waals surface area contributed by atoms with E-state index in [9.17, 15) is 4.79 Å². The van der Waals surface area contributed by atoms with Crippen LogP contribution in [0.15, 0.2) is 12.1 Å². The van der Waals surface area contributed by atoms with E-state index in [4.69, 9.17) is 4.74 Å². The van der Waals surface area contributed by atoms with Gasteiger partial charge in [0, 0.05) is 18.4 Å². The number of rotatable bonds is 3. The summed E-state index contributed by atoms with van der Waals surface area (Å²) in [4.78, 5) is 15.4. The van der Waals surface area contributed by atoms with Gasteiger partial charge in [0.25, 0.3) is 0 Å². The minimum atomic E-state index is -0.382. The summed E-state index contributed by atoms with van der Waals surface area (Å²) in [6.45, 7) is 3.97. The van der Waals surface area contributed by atoms with Gasteiger partial charge >= 0.3 is 5.97 Å². The van der Waals surface area contributed by atoms with E-state index in [0.717, 1.165) is 11.4 Å². The molecule has 0 fully saturated rings. The number of aromatic nitrogens is 1. The molecule has 1 N–H and O–H groups in total. The first-order chi connectivity index (χ1) is 6.67. The smallest absolute Gasteiger partial charge is 0.356 e. The number of carbonyl (C=O) groups is 1. The van der Waals surface area contributed by atoms with E-state index in [1.54, 1.807) is 20.0 Å². The molecular formula is C10H14N2O2. The molecule has 1 rings (SSSR count). The third-order valence-corrected chi connectivity index (χ3v) is 1.73. The summed E-state index contributed by atoms with van der Waals surface area (Å²) < 4.78 is 4.85. The first-order valence-corrected chi connectivity index (χ1v) is 4.51. The summed E-state index contributed by atoms with van der Waals surface area (Å²) >= 11 is 0. The molecule has 0 aromatic carbocycles. The first kappa shape index (κ1) is 10.5. The van der Waals surface area contributed by atoms with Crippen LogP contribution in [-0.4, -0.2) is 24.6 Å². The van der Waals surface area contributed by atoms with Gasteiger partial charge < -0.3 is 10.1 Å². The lowest BCUT2D eigenvalue weighted by Crippen LogP contribution is -2.08.